The minimum Gasteiger partial charge on any atom is -0.481 e. The maximum absolute atomic E-state index is 12.8. The SMILES string of the molecule is CCC(C)C(NC(=O)C(N)CCC(N)=O)C(=O)NC(CS)C(=O)NC(CC(=O)O)C(=O)O. The van der Waals surface area contributed by atoms with Crippen LogP contribution < -0.4 is 27.4 Å². The van der Waals surface area contributed by atoms with Crippen molar-refractivity contribution in [3.8, 4) is 0 Å². The molecule has 0 aromatic heterocycles. The van der Waals surface area contributed by atoms with Crippen molar-refractivity contribution in [3.63, 3.8) is 0 Å². The number of carbonyl (C=O) groups is 6. The van der Waals surface area contributed by atoms with Gasteiger partial charge in [-0.05, 0) is 12.3 Å². The molecule has 0 aliphatic heterocycles. The summed E-state index contributed by atoms with van der Waals surface area (Å²) in [7, 11) is 0. The summed E-state index contributed by atoms with van der Waals surface area (Å²) in [5, 5.41) is 24.7. The van der Waals surface area contributed by atoms with Crippen molar-refractivity contribution in [2.24, 2.45) is 17.4 Å². The van der Waals surface area contributed by atoms with E-state index in [0.29, 0.717) is 6.42 Å². The molecule has 182 valence electrons. The van der Waals surface area contributed by atoms with E-state index in [-0.39, 0.29) is 24.5 Å². The Morgan fingerprint density at radius 2 is 1.50 bits per heavy atom. The van der Waals surface area contributed by atoms with Gasteiger partial charge in [-0.15, -0.1) is 0 Å². The molecule has 0 aromatic rings. The van der Waals surface area contributed by atoms with Crippen LogP contribution in [-0.2, 0) is 28.8 Å². The topological polar surface area (TPSA) is 231 Å². The van der Waals surface area contributed by atoms with Crippen molar-refractivity contribution in [1.29, 1.82) is 0 Å². The van der Waals surface area contributed by atoms with Crippen molar-refractivity contribution >= 4 is 48.2 Å². The largest absolute Gasteiger partial charge is 0.481 e. The Balaban J connectivity index is 5.29. The molecule has 0 bridgehead atoms. The van der Waals surface area contributed by atoms with Crippen LogP contribution in [0.1, 0.15) is 39.5 Å². The summed E-state index contributed by atoms with van der Waals surface area (Å²) < 4.78 is 0. The van der Waals surface area contributed by atoms with E-state index in [2.05, 4.69) is 23.3 Å². The second-order valence-electron chi connectivity index (χ2n) is 7.22. The first-order valence-electron chi connectivity index (χ1n) is 9.84. The number of thiol groups is 1. The van der Waals surface area contributed by atoms with Crippen molar-refractivity contribution in [2.75, 3.05) is 5.75 Å². The Hall–Kier alpha value is -2.87. The van der Waals surface area contributed by atoms with Crippen LogP contribution in [0, 0.1) is 5.92 Å². The highest BCUT2D eigenvalue weighted by Crippen LogP contribution is 2.10. The Kier molecular flexibility index (Phi) is 13.0. The maximum atomic E-state index is 12.8. The fourth-order valence-corrected chi connectivity index (χ4v) is 2.75. The van der Waals surface area contributed by atoms with E-state index in [1.807, 2.05) is 5.32 Å². The lowest BCUT2D eigenvalue weighted by molar-refractivity contribution is -0.147. The average Bonchev–Trinajstić information content (AvgIpc) is 2.71. The van der Waals surface area contributed by atoms with Gasteiger partial charge in [0.15, 0.2) is 0 Å². The number of amides is 4. The summed E-state index contributed by atoms with van der Waals surface area (Å²) in [6.07, 6.45) is -0.509. The first kappa shape index (κ1) is 29.1. The number of rotatable bonds is 15. The second-order valence-corrected chi connectivity index (χ2v) is 7.59. The Labute approximate surface area is 190 Å². The molecule has 5 unspecified atom stereocenters. The third-order valence-corrected chi connectivity index (χ3v) is 5.01. The number of hydrogen-bond donors (Lipinski definition) is 8. The molecule has 0 radical (unpaired) electrons. The molecule has 0 saturated carbocycles. The van der Waals surface area contributed by atoms with Gasteiger partial charge in [-0.25, -0.2) is 4.79 Å². The molecule has 5 atom stereocenters. The lowest BCUT2D eigenvalue weighted by atomic mass is 9.97. The van der Waals surface area contributed by atoms with E-state index in [4.69, 9.17) is 21.7 Å². The predicted octanol–water partition coefficient (Wildman–Crippen LogP) is -2.43. The van der Waals surface area contributed by atoms with E-state index in [0.717, 1.165) is 0 Å². The Morgan fingerprint density at radius 3 is 1.94 bits per heavy atom. The molecule has 0 saturated heterocycles. The number of nitrogens with one attached hydrogen (secondary N) is 3. The number of primary amides is 1. The average molecular weight is 478 g/mol. The molecule has 0 heterocycles. The van der Waals surface area contributed by atoms with E-state index < -0.39 is 66.2 Å². The summed E-state index contributed by atoms with van der Waals surface area (Å²) in [6, 6.07) is -5.17. The predicted molar refractivity (Wildman–Crippen MR) is 115 cm³/mol. The highest BCUT2D eigenvalue weighted by Gasteiger charge is 2.32. The monoisotopic (exact) mass is 477 g/mol. The van der Waals surface area contributed by atoms with Crippen molar-refractivity contribution in [3.05, 3.63) is 0 Å². The van der Waals surface area contributed by atoms with Crippen LogP contribution in [-0.4, -0.2) is 75.7 Å². The fourth-order valence-electron chi connectivity index (χ4n) is 2.49. The molecule has 4 amide bonds. The van der Waals surface area contributed by atoms with E-state index in [1.54, 1.807) is 13.8 Å². The summed E-state index contributed by atoms with van der Waals surface area (Å²) in [5.74, 6) is -6.60. The maximum Gasteiger partial charge on any atom is 0.326 e. The minimum atomic E-state index is -1.70. The van der Waals surface area contributed by atoms with Gasteiger partial charge in [-0.2, -0.15) is 12.6 Å². The minimum absolute atomic E-state index is 0.0160. The fraction of sp³-hybridized carbons (Fsp3) is 0.667. The number of carboxylic acid groups (broad SMARTS) is 2. The molecule has 9 N–H and O–H groups in total. The van der Waals surface area contributed by atoms with E-state index in [9.17, 15) is 28.8 Å². The highest BCUT2D eigenvalue weighted by molar-refractivity contribution is 7.80. The van der Waals surface area contributed by atoms with Crippen LogP contribution in [0.4, 0.5) is 0 Å². The smallest absolute Gasteiger partial charge is 0.326 e. The Bertz CT molecular complexity index is 719. The Morgan fingerprint density at radius 1 is 0.938 bits per heavy atom. The standard InChI is InChI=1S/C18H31N5O8S/c1-3-8(2)14(23-15(27)9(19)4-5-12(20)24)17(29)22-11(7-32)16(28)21-10(18(30)31)6-13(25)26/h8-11,14,32H,3-7,19H2,1-2H3,(H2,20,24)(H,21,28)(H,22,29)(H,23,27)(H,25,26)(H,30,31). The molecule has 14 heteroatoms. The molecule has 32 heavy (non-hydrogen) atoms. The van der Waals surface area contributed by atoms with Gasteiger partial charge in [0.05, 0.1) is 12.5 Å². The van der Waals surface area contributed by atoms with Crippen LogP contribution in [0.3, 0.4) is 0 Å². The van der Waals surface area contributed by atoms with Gasteiger partial charge in [0.1, 0.15) is 18.1 Å². The van der Waals surface area contributed by atoms with Crippen LogP contribution in [0.25, 0.3) is 0 Å². The second kappa shape index (κ2) is 14.2. The van der Waals surface area contributed by atoms with Crippen molar-refractivity contribution in [2.45, 2.75) is 63.7 Å². The van der Waals surface area contributed by atoms with Crippen LogP contribution >= 0.6 is 12.6 Å². The third-order valence-electron chi connectivity index (χ3n) is 4.64. The first-order chi connectivity index (χ1) is 14.8. The van der Waals surface area contributed by atoms with Gasteiger partial charge in [0, 0.05) is 12.2 Å². The molecule has 13 nitrogen and oxygen atoms in total. The zero-order chi connectivity index (χ0) is 25.0. The normalized spacial score (nSPS) is 15.4. The zero-order valence-electron chi connectivity index (χ0n) is 17.9. The number of carboxylic acids is 2. The van der Waals surface area contributed by atoms with Crippen molar-refractivity contribution < 1.29 is 39.0 Å². The first-order valence-corrected chi connectivity index (χ1v) is 10.5. The lowest BCUT2D eigenvalue weighted by Crippen LogP contribution is -2.59. The van der Waals surface area contributed by atoms with Crippen molar-refractivity contribution in [1.82, 2.24) is 16.0 Å². The molecular weight excluding hydrogens is 446 g/mol. The van der Waals surface area contributed by atoms with Gasteiger partial charge in [0.2, 0.25) is 23.6 Å². The number of carbonyl (C=O) groups excluding carboxylic acids is 4. The van der Waals surface area contributed by atoms with Gasteiger partial charge >= 0.3 is 11.9 Å². The lowest BCUT2D eigenvalue weighted by Gasteiger charge is -2.27. The molecular formula is C18H31N5O8S. The van der Waals surface area contributed by atoms with Gasteiger partial charge < -0.3 is 37.6 Å². The molecule has 0 aliphatic carbocycles. The number of aliphatic carboxylic acids is 2. The third kappa shape index (κ3) is 10.4. The summed E-state index contributed by atoms with van der Waals surface area (Å²) in [5.41, 5.74) is 10.8. The van der Waals surface area contributed by atoms with Gasteiger partial charge in [-0.3, -0.25) is 24.0 Å². The molecule has 0 rings (SSSR count). The number of hydrogen-bond acceptors (Lipinski definition) is 8. The zero-order valence-corrected chi connectivity index (χ0v) is 18.8. The number of nitrogens with two attached hydrogens (primary N) is 2. The summed E-state index contributed by atoms with van der Waals surface area (Å²) in [4.78, 5) is 70.2. The highest BCUT2D eigenvalue weighted by atomic mass is 32.1. The molecule has 0 aromatic carbocycles. The van der Waals surface area contributed by atoms with Crippen LogP contribution in [0.2, 0.25) is 0 Å². The molecule has 0 spiro atoms. The van der Waals surface area contributed by atoms with Gasteiger partial charge in [0.25, 0.3) is 0 Å². The quantitative estimate of drug-likeness (QED) is 0.117. The molecule has 0 aliphatic rings. The summed E-state index contributed by atoms with van der Waals surface area (Å²) in [6.45, 7) is 3.46. The van der Waals surface area contributed by atoms with E-state index in [1.165, 1.54) is 0 Å². The van der Waals surface area contributed by atoms with Crippen LogP contribution in [0.5, 0.6) is 0 Å². The van der Waals surface area contributed by atoms with Crippen LogP contribution in [0.15, 0.2) is 0 Å². The van der Waals surface area contributed by atoms with E-state index >= 15 is 0 Å². The summed E-state index contributed by atoms with van der Waals surface area (Å²) >= 11 is 3.98. The van der Waals surface area contributed by atoms with Gasteiger partial charge in [-0.1, -0.05) is 20.3 Å². The molecule has 0 fully saturated rings.